The highest BCUT2D eigenvalue weighted by molar-refractivity contribution is 6.35. The number of para-hydroxylation sites is 1. The van der Waals surface area contributed by atoms with Gasteiger partial charge in [-0.15, -0.1) is 0 Å². The lowest BCUT2D eigenvalue weighted by Crippen LogP contribution is -2.39. The molecule has 31 heavy (non-hydrogen) atoms. The van der Waals surface area contributed by atoms with Gasteiger partial charge in [-0.05, 0) is 19.1 Å². The minimum Gasteiger partial charge on any atom is -0.495 e. The molecule has 0 aliphatic carbocycles. The Morgan fingerprint density at radius 1 is 1.10 bits per heavy atom. The van der Waals surface area contributed by atoms with Gasteiger partial charge in [-0.25, -0.2) is 5.43 Å². The van der Waals surface area contributed by atoms with Crippen molar-refractivity contribution in [3.63, 3.8) is 0 Å². The molecular weight excluding hydrogens is 404 g/mol. The first-order valence-electron chi connectivity index (χ1n) is 9.44. The molecule has 0 saturated carbocycles. The van der Waals surface area contributed by atoms with Crippen molar-refractivity contribution in [1.29, 1.82) is 0 Å². The summed E-state index contributed by atoms with van der Waals surface area (Å²) in [7, 11) is 1.50. The largest absolute Gasteiger partial charge is 0.495 e. The summed E-state index contributed by atoms with van der Waals surface area (Å²) in [5.41, 5.74) is 4.10. The normalized spacial score (nSPS) is 11.4. The van der Waals surface area contributed by atoms with E-state index in [9.17, 15) is 14.4 Å². The Morgan fingerprint density at radius 3 is 2.61 bits per heavy atom. The van der Waals surface area contributed by atoms with Crippen molar-refractivity contribution in [3.05, 3.63) is 36.4 Å². The first-order chi connectivity index (χ1) is 14.9. The van der Waals surface area contributed by atoms with Crippen LogP contribution in [0.3, 0.4) is 0 Å². The minimum atomic E-state index is -0.995. The molecule has 10 heteroatoms. The number of furan rings is 1. The maximum atomic E-state index is 12.4. The number of ether oxygens (including phenoxy) is 1. The molecule has 0 fully saturated rings. The first kappa shape index (κ1) is 21.8. The van der Waals surface area contributed by atoms with Gasteiger partial charge in [-0.2, -0.15) is 5.10 Å². The van der Waals surface area contributed by atoms with Crippen LogP contribution in [-0.2, 0) is 14.4 Å². The molecule has 1 heterocycles. The molecule has 0 saturated heterocycles. The number of nitrogens with one attached hydrogen (secondary N) is 3. The second-order valence-corrected chi connectivity index (χ2v) is 6.64. The number of rotatable bonds is 7. The predicted molar refractivity (Wildman–Crippen MR) is 115 cm³/mol. The zero-order valence-electron chi connectivity index (χ0n) is 17.0. The van der Waals surface area contributed by atoms with Gasteiger partial charge < -0.3 is 24.9 Å². The van der Waals surface area contributed by atoms with Gasteiger partial charge in [0.15, 0.2) is 0 Å². The number of hydrogen-bond acceptors (Lipinski definition) is 7. The van der Waals surface area contributed by atoms with Crippen molar-refractivity contribution in [2.45, 2.75) is 13.3 Å². The molecule has 0 atom stereocenters. The fourth-order valence-corrected chi connectivity index (χ4v) is 2.93. The number of anilines is 1. The highest BCUT2D eigenvalue weighted by Gasteiger charge is 2.15. The number of nitrogens with zero attached hydrogens (tertiary/aromatic N) is 1. The maximum absolute atomic E-state index is 12.4. The molecule has 3 amide bonds. The van der Waals surface area contributed by atoms with Crippen LogP contribution in [0.2, 0.25) is 0 Å². The van der Waals surface area contributed by atoms with Crippen LogP contribution in [0.1, 0.15) is 13.3 Å². The summed E-state index contributed by atoms with van der Waals surface area (Å²) in [5, 5.41) is 19.1. The second kappa shape index (κ2) is 9.72. The average Bonchev–Trinajstić information content (AvgIpc) is 3.12. The molecule has 162 valence electrons. The summed E-state index contributed by atoms with van der Waals surface area (Å²) in [6, 6.07) is 11.1. The SMILES string of the molecule is COc1cc2c(cc1NC(=O)C/C(C)=N/NC(=O)C(=O)NCCO)oc1ccccc12. The topological polar surface area (TPSA) is 142 Å². The lowest BCUT2D eigenvalue weighted by molar-refractivity contribution is -0.139. The van der Waals surface area contributed by atoms with Crippen LogP contribution < -0.4 is 20.8 Å². The van der Waals surface area contributed by atoms with Crippen molar-refractivity contribution < 1.29 is 28.6 Å². The summed E-state index contributed by atoms with van der Waals surface area (Å²) in [4.78, 5) is 35.4. The zero-order valence-corrected chi connectivity index (χ0v) is 17.0. The number of carbonyl (C=O) groups excluding carboxylic acids is 3. The molecule has 4 N–H and O–H groups in total. The fourth-order valence-electron chi connectivity index (χ4n) is 2.93. The average molecular weight is 426 g/mol. The van der Waals surface area contributed by atoms with Gasteiger partial charge in [-0.3, -0.25) is 14.4 Å². The number of hydrogen-bond donors (Lipinski definition) is 4. The van der Waals surface area contributed by atoms with Crippen molar-refractivity contribution >= 4 is 51.1 Å². The van der Waals surface area contributed by atoms with Crippen molar-refractivity contribution in [3.8, 4) is 5.75 Å². The molecule has 3 rings (SSSR count). The molecule has 3 aromatic rings. The van der Waals surface area contributed by atoms with Crippen LogP contribution in [0.15, 0.2) is 45.9 Å². The number of aliphatic hydroxyl groups is 1. The fraction of sp³-hybridized carbons (Fsp3) is 0.238. The Balaban J connectivity index is 1.68. The lowest BCUT2D eigenvalue weighted by atomic mass is 10.1. The second-order valence-electron chi connectivity index (χ2n) is 6.64. The molecule has 0 aliphatic heterocycles. The van der Waals surface area contributed by atoms with Gasteiger partial charge in [0.2, 0.25) is 5.91 Å². The van der Waals surface area contributed by atoms with E-state index in [4.69, 9.17) is 14.3 Å². The third-order valence-corrected chi connectivity index (χ3v) is 4.34. The number of hydrazone groups is 1. The number of carbonyl (C=O) groups is 3. The molecule has 10 nitrogen and oxygen atoms in total. The van der Waals surface area contributed by atoms with E-state index in [0.29, 0.717) is 17.0 Å². The number of aliphatic hydroxyl groups excluding tert-OH is 1. The van der Waals surface area contributed by atoms with Crippen molar-refractivity contribution in [1.82, 2.24) is 10.7 Å². The summed E-state index contributed by atoms with van der Waals surface area (Å²) in [6.07, 6.45) is -0.125. The Kier molecular flexibility index (Phi) is 6.83. The maximum Gasteiger partial charge on any atom is 0.329 e. The number of fused-ring (bicyclic) bond motifs is 3. The van der Waals surface area contributed by atoms with Crippen LogP contribution in [0.25, 0.3) is 21.9 Å². The monoisotopic (exact) mass is 426 g/mol. The number of methoxy groups -OCH3 is 1. The van der Waals surface area contributed by atoms with Crippen LogP contribution >= 0.6 is 0 Å². The van der Waals surface area contributed by atoms with Gasteiger partial charge in [0.25, 0.3) is 0 Å². The third kappa shape index (κ3) is 5.17. The molecule has 2 aromatic carbocycles. The molecule has 0 radical (unpaired) electrons. The Bertz CT molecular complexity index is 1170. The van der Waals surface area contributed by atoms with E-state index >= 15 is 0 Å². The quantitative estimate of drug-likeness (QED) is 0.256. The molecule has 0 unspecified atom stereocenters. The Hall–Kier alpha value is -3.92. The van der Waals surface area contributed by atoms with Gasteiger partial charge >= 0.3 is 11.8 Å². The van der Waals surface area contributed by atoms with E-state index in [-0.39, 0.29) is 25.3 Å². The Labute approximate surface area is 177 Å². The summed E-state index contributed by atoms with van der Waals surface area (Å²) in [6.45, 7) is 1.20. The molecule has 0 spiro atoms. The van der Waals surface area contributed by atoms with E-state index < -0.39 is 17.7 Å². The predicted octanol–water partition coefficient (Wildman–Crippen LogP) is 1.52. The molecule has 0 bridgehead atoms. The lowest BCUT2D eigenvalue weighted by Gasteiger charge is -2.10. The van der Waals surface area contributed by atoms with E-state index in [1.165, 1.54) is 14.0 Å². The van der Waals surface area contributed by atoms with Gasteiger partial charge in [0, 0.05) is 29.1 Å². The smallest absolute Gasteiger partial charge is 0.329 e. The first-order valence-corrected chi connectivity index (χ1v) is 9.44. The summed E-state index contributed by atoms with van der Waals surface area (Å²) in [5.74, 6) is -1.85. The van der Waals surface area contributed by atoms with E-state index in [1.54, 1.807) is 12.1 Å². The highest BCUT2D eigenvalue weighted by Crippen LogP contribution is 2.36. The zero-order chi connectivity index (χ0) is 22.4. The molecule has 1 aromatic heterocycles. The van der Waals surface area contributed by atoms with E-state index in [0.717, 1.165) is 16.4 Å². The Morgan fingerprint density at radius 2 is 1.87 bits per heavy atom. The van der Waals surface area contributed by atoms with Gasteiger partial charge in [-0.1, -0.05) is 18.2 Å². The highest BCUT2D eigenvalue weighted by atomic mass is 16.5. The van der Waals surface area contributed by atoms with E-state index in [1.807, 2.05) is 24.3 Å². The third-order valence-electron chi connectivity index (χ3n) is 4.34. The minimum absolute atomic E-state index is 0.0469. The van der Waals surface area contributed by atoms with Gasteiger partial charge in [0.1, 0.15) is 16.9 Å². The molecular formula is C21H22N4O6. The van der Waals surface area contributed by atoms with Crippen LogP contribution in [-0.4, -0.2) is 48.8 Å². The van der Waals surface area contributed by atoms with Crippen molar-refractivity contribution in [2.24, 2.45) is 5.10 Å². The van der Waals surface area contributed by atoms with E-state index in [2.05, 4.69) is 21.2 Å². The van der Waals surface area contributed by atoms with Gasteiger partial charge in [0.05, 0.1) is 25.8 Å². The summed E-state index contributed by atoms with van der Waals surface area (Å²) < 4.78 is 11.2. The van der Waals surface area contributed by atoms with Crippen LogP contribution in [0, 0.1) is 0 Å². The number of benzene rings is 2. The standard InChI is InChI=1S/C21H22N4O6/c1-12(24-25-21(29)20(28)22-7-8-26)9-19(27)23-15-11-17-14(10-18(15)30-2)13-5-3-4-6-16(13)31-17/h3-6,10-11,26H,7-9H2,1-2H3,(H,22,28)(H,23,27)(H,25,29)/b24-12+. The number of amides is 3. The molecule has 0 aliphatic rings. The van der Waals surface area contributed by atoms with Crippen molar-refractivity contribution in [2.75, 3.05) is 25.6 Å². The van der Waals surface area contributed by atoms with Crippen LogP contribution in [0.5, 0.6) is 5.75 Å². The van der Waals surface area contributed by atoms with Crippen LogP contribution in [0.4, 0.5) is 5.69 Å². The summed E-state index contributed by atoms with van der Waals surface area (Å²) >= 11 is 0.